The van der Waals surface area contributed by atoms with Crippen molar-refractivity contribution in [3.63, 3.8) is 0 Å². The van der Waals surface area contributed by atoms with Crippen LogP contribution in [0.25, 0.3) is 0 Å². The first-order valence-corrected chi connectivity index (χ1v) is 13.0. The van der Waals surface area contributed by atoms with E-state index in [-0.39, 0.29) is 0 Å². The van der Waals surface area contributed by atoms with Crippen molar-refractivity contribution < 1.29 is 0 Å². The topological polar surface area (TPSA) is 0 Å². The standard InChI is InChI=1S/C21H40Si/c1-9-10-19-11-12-20(13-19)22(7,8)18(6)21-16(4)14(2)15(3)17(21)5/h12,14-19,21H,9-11,13H2,1-8H3. The van der Waals surface area contributed by atoms with Gasteiger partial charge in [0.15, 0.2) is 0 Å². The van der Waals surface area contributed by atoms with Crippen LogP contribution >= 0.6 is 0 Å². The van der Waals surface area contributed by atoms with E-state index in [4.69, 9.17) is 0 Å². The highest BCUT2D eigenvalue weighted by Gasteiger charge is 2.49. The summed E-state index contributed by atoms with van der Waals surface area (Å²) in [6, 6.07) is 0. The molecule has 0 amide bonds. The first kappa shape index (κ1) is 18.3. The summed E-state index contributed by atoms with van der Waals surface area (Å²) in [6.45, 7) is 20.4. The molecule has 0 aromatic carbocycles. The Morgan fingerprint density at radius 1 is 1.05 bits per heavy atom. The normalized spacial score (nSPS) is 40.8. The van der Waals surface area contributed by atoms with Crippen LogP contribution in [0.15, 0.2) is 11.3 Å². The lowest BCUT2D eigenvalue weighted by atomic mass is 9.87. The van der Waals surface area contributed by atoms with Gasteiger partial charge in [-0.3, -0.25) is 0 Å². The molecule has 0 bridgehead atoms. The molecule has 0 N–H and O–H groups in total. The fourth-order valence-electron chi connectivity index (χ4n) is 5.76. The van der Waals surface area contributed by atoms with Crippen molar-refractivity contribution in [3.05, 3.63) is 11.3 Å². The molecule has 22 heavy (non-hydrogen) atoms. The Hall–Kier alpha value is -0.0431. The van der Waals surface area contributed by atoms with Crippen molar-refractivity contribution >= 4 is 8.07 Å². The molecule has 1 saturated carbocycles. The van der Waals surface area contributed by atoms with Crippen molar-refractivity contribution in [2.24, 2.45) is 35.5 Å². The molecule has 6 unspecified atom stereocenters. The Bertz CT molecular complexity index is 394. The maximum absolute atomic E-state index is 2.67. The second-order valence-corrected chi connectivity index (χ2v) is 14.3. The van der Waals surface area contributed by atoms with Gasteiger partial charge in [-0.2, -0.15) is 0 Å². The SMILES string of the molecule is CCCC1CC=C([Si](C)(C)C(C)C2C(C)C(C)C(C)C2C)C1. The maximum Gasteiger partial charge on any atom is 0.0781 e. The number of hydrogen-bond acceptors (Lipinski definition) is 0. The Morgan fingerprint density at radius 3 is 2.09 bits per heavy atom. The van der Waals surface area contributed by atoms with Crippen LogP contribution in [0.4, 0.5) is 0 Å². The van der Waals surface area contributed by atoms with Crippen molar-refractivity contribution in [1.82, 2.24) is 0 Å². The van der Waals surface area contributed by atoms with Gasteiger partial charge in [0.05, 0.1) is 8.07 Å². The summed E-state index contributed by atoms with van der Waals surface area (Å²) in [5.74, 6) is 5.52. The van der Waals surface area contributed by atoms with E-state index < -0.39 is 8.07 Å². The lowest BCUT2D eigenvalue weighted by Gasteiger charge is -2.40. The molecule has 0 spiro atoms. The molecule has 0 aromatic rings. The Morgan fingerprint density at radius 2 is 1.59 bits per heavy atom. The first-order valence-electron chi connectivity index (χ1n) is 9.91. The third-order valence-electron chi connectivity index (χ3n) is 8.15. The summed E-state index contributed by atoms with van der Waals surface area (Å²) in [5, 5.41) is 1.91. The molecule has 0 radical (unpaired) electrons. The van der Waals surface area contributed by atoms with Crippen molar-refractivity contribution in [2.45, 2.75) is 85.9 Å². The average Bonchev–Trinajstić information content (AvgIpc) is 3.01. The van der Waals surface area contributed by atoms with E-state index in [2.05, 4.69) is 60.7 Å². The third kappa shape index (κ3) is 3.12. The minimum Gasteiger partial charge on any atom is -0.0889 e. The van der Waals surface area contributed by atoms with Crippen LogP contribution < -0.4 is 0 Å². The van der Waals surface area contributed by atoms with Gasteiger partial charge in [0.25, 0.3) is 0 Å². The molecule has 2 aliphatic carbocycles. The Balaban J connectivity index is 2.13. The van der Waals surface area contributed by atoms with Crippen molar-refractivity contribution in [3.8, 4) is 0 Å². The highest BCUT2D eigenvalue weighted by Crippen LogP contribution is 2.54. The smallest absolute Gasteiger partial charge is 0.0781 e. The molecule has 0 aromatic heterocycles. The van der Waals surface area contributed by atoms with Gasteiger partial charge >= 0.3 is 0 Å². The van der Waals surface area contributed by atoms with Crippen LogP contribution in [-0.4, -0.2) is 8.07 Å². The van der Waals surface area contributed by atoms with Crippen molar-refractivity contribution in [1.29, 1.82) is 0 Å². The van der Waals surface area contributed by atoms with Gasteiger partial charge in [0.1, 0.15) is 0 Å². The minimum atomic E-state index is -1.29. The molecule has 1 heteroatoms. The second-order valence-electron chi connectivity index (χ2n) is 9.35. The van der Waals surface area contributed by atoms with E-state index in [1.807, 2.05) is 5.20 Å². The van der Waals surface area contributed by atoms with Gasteiger partial charge in [-0.1, -0.05) is 78.8 Å². The van der Waals surface area contributed by atoms with Crippen LogP contribution in [0, 0.1) is 35.5 Å². The van der Waals surface area contributed by atoms with Crippen LogP contribution in [-0.2, 0) is 0 Å². The molecule has 128 valence electrons. The molecule has 0 saturated heterocycles. The first-order chi connectivity index (χ1) is 10.2. The Kier molecular flexibility index (Phi) is 5.68. The predicted molar refractivity (Wildman–Crippen MR) is 103 cm³/mol. The van der Waals surface area contributed by atoms with Crippen molar-refractivity contribution in [2.75, 3.05) is 0 Å². The van der Waals surface area contributed by atoms with E-state index in [1.54, 1.807) is 0 Å². The summed E-state index contributed by atoms with van der Waals surface area (Å²) in [7, 11) is -1.29. The second kappa shape index (κ2) is 6.83. The quantitative estimate of drug-likeness (QED) is 0.481. The van der Waals surface area contributed by atoms with E-state index in [1.165, 1.54) is 25.7 Å². The lowest BCUT2D eigenvalue weighted by molar-refractivity contribution is 0.306. The number of allylic oxidation sites excluding steroid dienone is 2. The van der Waals surface area contributed by atoms with E-state index in [9.17, 15) is 0 Å². The van der Waals surface area contributed by atoms with Gasteiger partial charge in [-0.25, -0.2) is 0 Å². The molecule has 2 aliphatic rings. The minimum absolute atomic E-state index is 0.901. The van der Waals surface area contributed by atoms with E-state index in [0.29, 0.717) is 0 Å². The fraction of sp³-hybridized carbons (Fsp3) is 0.905. The molecule has 1 fully saturated rings. The summed E-state index contributed by atoms with van der Waals surface area (Å²) < 4.78 is 0. The van der Waals surface area contributed by atoms with Crippen LogP contribution in [0.2, 0.25) is 18.6 Å². The molecule has 2 rings (SSSR count). The molecule has 6 atom stereocenters. The third-order valence-corrected chi connectivity index (χ3v) is 12.9. The summed E-state index contributed by atoms with van der Waals surface area (Å²) in [5.41, 5.74) is 0.927. The van der Waals surface area contributed by atoms with Crippen LogP contribution in [0.5, 0.6) is 0 Å². The largest absolute Gasteiger partial charge is 0.0889 e. The van der Waals surface area contributed by atoms with Gasteiger partial charge in [0.2, 0.25) is 0 Å². The molecule has 0 aliphatic heterocycles. The summed E-state index contributed by atoms with van der Waals surface area (Å²) >= 11 is 0. The van der Waals surface area contributed by atoms with Crippen LogP contribution in [0.3, 0.4) is 0 Å². The van der Waals surface area contributed by atoms with E-state index in [0.717, 1.165) is 41.0 Å². The molecular weight excluding hydrogens is 280 g/mol. The molecule has 0 nitrogen and oxygen atoms in total. The lowest BCUT2D eigenvalue weighted by Crippen LogP contribution is -2.40. The Labute approximate surface area is 141 Å². The fourth-order valence-corrected chi connectivity index (χ4v) is 9.38. The molecular formula is C21H40Si. The van der Waals surface area contributed by atoms with Crippen LogP contribution in [0.1, 0.15) is 67.2 Å². The maximum atomic E-state index is 2.67. The summed E-state index contributed by atoms with van der Waals surface area (Å²) in [4.78, 5) is 0. The highest BCUT2D eigenvalue weighted by molar-refractivity contribution is 6.85. The van der Waals surface area contributed by atoms with Gasteiger partial charge in [0, 0.05) is 0 Å². The average molecular weight is 321 g/mol. The van der Waals surface area contributed by atoms with Gasteiger partial charge < -0.3 is 0 Å². The van der Waals surface area contributed by atoms with Gasteiger partial charge in [-0.15, -0.1) is 0 Å². The zero-order valence-corrected chi connectivity index (χ0v) is 17.4. The summed E-state index contributed by atoms with van der Waals surface area (Å²) in [6.07, 6.45) is 8.26. The number of hydrogen-bond donors (Lipinski definition) is 0. The predicted octanol–water partition coefficient (Wildman–Crippen LogP) is 6.93. The zero-order valence-electron chi connectivity index (χ0n) is 16.4. The molecule has 0 heterocycles. The monoisotopic (exact) mass is 320 g/mol. The van der Waals surface area contributed by atoms with Gasteiger partial charge in [-0.05, 0) is 53.9 Å². The zero-order chi connectivity index (χ0) is 16.7. The van der Waals surface area contributed by atoms with E-state index >= 15 is 0 Å². The number of rotatable bonds is 5. The highest BCUT2D eigenvalue weighted by atomic mass is 28.3.